The molecule has 4 rings (SSSR count). The standard InChI is InChI=1S/C28H29N3O4/c32-26(23-14-15-23)30-24-13-7-12-22(16-24)18-29-27(33)25(17-20-8-3-1-4-9-20)31-28(34)35-19-21-10-5-2-6-11-21/h1-13,16,23,25H,14-15,17-19H2,(H,29,33)(H,30,32)(H,31,34)/t25-/m0/s1. The molecule has 0 spiro atoms. The zero-order valence-corrected chi connectivity index (χ0v) is 19.4. The van der Waals surface area contributed by atoms with Crippen LogP contribution in [0.1, 0.15) is 29.5 Å². The van der Waals surface area contributed by atoms with Crippen LogP contribution in [-0.2, 0) is 33.9 Å². The summed E-state index contributed by atoms with van der Waals surface area (Å²) in [6, 6.07) is 25.4. The largest absolute Gasteiger partial charge is 0.445 e. The molecule has 0 aromatic heterocycles. The maximum atomic E-state index is 13.0. The van der Waals surface area contributed by atoms with Crippen LogP contribution in [0.2, 0.25) is 0 Å². The monoisotopic (exact) mass is 471 g/mol. The van der Waals surface area contributed by atoms with Crippen LogP contribution in [0.5, 0.6) is 0 Å². The Morgan fingerprint density at radius 1 is 0.829 bits per heavy atom. The maximum Gasteiger partial charge on any atom is 0.408 e. The van der Waals surface area contributed by atoms with Crippen molar-refractivity contribution in [1.82, 2.24) is 10.6 Å². The van der Waals surface area contributed by atoms with Gasteiger partial charge in [-0.25, -0.2) is 4.79 Å². The SMILES string of the molecule is O=C(N[C@@H](Cc1ccccc1)C(=O)NCc1cccc(NC(=O)C2CC2)c1)OCc1ccccc1. The van der Waals surface area contributed by atoms with E-state index in [2.05, 4.69) is 16.0 Å². The lowest BCUT2D eigenvalue weighted by molar-refractivity contribution is -0.123. The highest BCUT2D eigenvalue weighted by Crippen LogP contribution is 2.30. The fourth-order valence-electron chi connectivity index (χ4n) is 3.63. The molecule has 0 unspecified atom stereocenters. The summed E-state index contributed by atoms with van der Waals surface area (Å²) >= 11 is 0. The number of hydrogen-bond donors (Lipinski definition) is 3. The molecule has 0 heterocycles. The fourth-order valence-corrected chi connectivity index (χ4v) is 3.63. The van der Waals surface area contributed by atoms with E-state index in [4.69, 9.17) is 4.74 Å². The average Bonchev–Trinajstić information content (AvgIpc) is 3.73. The Bertz CT molecular complexity index is 1150. The van der Waals surface area contributed by atoms with Crippen LogP contribution in [0.3, 0.4) is 0 Å². The molecule has 1 aliphatic rings. The van der Waals surface area contributed by atoms with E-state index >= 15 is 0 Å². The summed E-state index contributed by atoms with van der Waals surface area (Å²) in [5.74, 6) is -0.171. The van der Waals surface area contributed by atoms with E-state index in [-0.39, 0.29) is 30.9 Å². The zero-order chi connectivity index (χ0) is 24.5. The normalized spacial score (nSPS) is 13.4. The lowest BCUT2D eigenvalue weighted by atomic mass is 10.1. The van der Waals surface area contributed by atoms with Crippen molar-refractivity contribution in [2.24, 2.45) is 5.92 Å². The molecule has 3 amide bonds. The number of rotatable bonds is 10. The van der Waals surface area contributed by atoms with Gasteiger partial charge < -0.3 is 20.7 Å². The van der Waals surface area contributed by atoms with Gasteiger partial charge in [0.05, 0.1) is 0 Å². The first kappa shape index (κ1) is 24.0. The predicted octanol–water partition coefficient (Wildman–Crippen LogP) is 4.19. The van der Waals surface area contributed by atoms with Gasteiger partial charge in [-0.05, 0) is 41.7 Å². The van der Waals surface area contributed by atoms with Crippen molar-refractivity contribution in [1.29, 1.82) is 0 Å². The van der Waals surface area contributed by atoms with Gasteiger partial charge in [0.2, 0.25) is 11.8 Å². The Morgan fingerprint density at radius 2 is 1.49 bits per heavy atom. The lowest BCUT2D eigenvalue weighted by Crippen LogP contribution is -2.48. The van der Waals surface area contributed by atoms with Gasteiger partial charge in [-0.2, -0.15) is 0 Å². The van der Waals surface area contributed by atoms with Crippen molar-refractivity contribution < 1.29 is 19.1 Å². The number of nitrogens with one attached hydrogen (secondary N) is 3. The number of carbonyl (C=O) groups is 3. The third kappa shape index (κ3) is 7.71. The molecule has 7 heteroatoms. The van der Waals surface area contributed by atoms with Crippen LogP contribution in [0.15, 0.2) is 84.9 Å². The first-order chi connectivity index (χ1) is 17.1. The molecule has 1 fully saturated rings. The molecule has 180 valence electrons. The molecular formula is C28H29N3O4. The molecule has 3 aromatic rings. The number of benzene rings is 3. The molecule has 0 radical (unpaired) electrons. The Balaban J connectivity index is 1.35. The highest BCUT2D eigenvalue weighted by atomic mass is 16.5. The second kappa shape index (κ2) is 11.8. The Morgan fingerprint density at radius 3 is 2.17 bits per heavy atom. The first-order valence-electron chi connectivity index (χ1n) is 11.8. The van der Waals surface area contributed by atoms with Gasteiger partial charge in [0.15, 0.2) is 0 Å². The predicted molar refractivity (Wildman–Crippen MR) is 133 cm³/mol. The Hall–Kier alpha value is -4.13. The van der Waals surface area contributed by atoms with Gasteiger partial charge in [0.1, 0.15) is 12.6 Å². The van der Waals surface area contributed by atoms with Crippen LogP contribution in [0.4, 0.5) is 10.5 Å². The zero-order valence-electron chi connectivity index (χ0n) is 19.4. The van der Waals surface area contributed by atoms with Gasteiger partial charge in [0, 0.05) is 24.6 Å². The van der Waals surface area contributed by atoms with Crippen LogP contribution < -0.4 is 16.0 Å². The van der Waals surface area contributed by atoms with Crippen molar-refractivity contribution in [2.75, 3.05) is 5.32 Å². The number of anilines is 1. The highest BCUT2D eigenvalue weighted by Gasteiger charge is 2.29. The van der Waals surface area contributed by atoms with Crippen molar-refractivity contribution in [2.45, 2.75) is 38.5 Å². The van der Waals surface area contributed by atoms with E-state index in [1.807, 2.05) is 84.9 Å². The van der Waals surface area contributed by atoms with Crippen molar-refractivity contribution in [3.63, 3.8) is 0 Å². The minimum Gasteiger partial charge on any atom is -0.445 e. The van der Waals surface area contributed by atoms with Gasteiger partial charge in [0.25, 0.3) is 0 Å². The van der Waals surface area contributed by atoms with Gasteiger partial charge in [-0.1, -0.05) is 72.8 Å². The molecule has 0 bridgehead atoms. The third-order valence-electron chi connectivity index (χ3n) is 5.71. The topological polar surface area (TPSA) is 96.5 Å². The van der Waals surface area contributed by atoms with Crippen molar-refractivity contribution in [3.8, 4) is 0 Å². The van der Waals surface area contributed by atoms with Crippen LogP contribution in [-0.4, -0.2) is 23.9 Å². The summed E-state index contributed by atoms with van der Waals surface area (Å²) < 4.78 is 5.32. The quantitative estimate of drug-likeness (QED) is 0.413. The molecule has 35 heavy (non-hydrogen) atoms. The number of amides is 3. The number of alkyl carbamates (subject to hydrolysis) is 1. The second-order valence-electron chi connectivity index (χ2n) is 8.63. The van der Waals surface area contributed by atoms with E-state index in [0.717, 1.165) is 29.5 Å². The van der Waals surface area contributed by atoms with Gasteiger partial charge >= 0.3 is 6.09 Å². The highest BCUT2D eigenvalue weighted by molar-refractivity contribution is 5.94. The van der Waals surface area contributed by atoms with Crippen LogP contribution >= 0.6 is 0 Å². The number of ether oxygens (including phenoxy) is 1. The Labute approximate surface area is 204 Å². The van der Waals surface area contributed by atoms with Crippen LogP contribution in [0, 0.1) is 5.92 Å². The smallest absolute Gasteiger partial charge is 0.408 e. The third-order valence-corrected chi connectivity index (χ3v) is 5.71. The average molecular weight is 472 g/mol. The number of hydrogen-bond acceptors (Lipinski definition) is 4. The van der Waals surface area contributed by atoms with E-state index in [1.165, 1.54) is 0 Å². The van der Waals surface area contributed by atoms with Crippen molar-refractivity contribution >= 4 is 23.6 Å². The van der Waals surface area contributed by atoms with E-state index < -0.39 is 12.1 Å². The van der Waals surface area contributed by atoms with E-state index in [0.29, 0.717) is 12.1 Å². The first-order valence-corrected chi connectivity index (χ1v) is 11.8. The minimum absolute atomic E-state index is 0.0346. The molecule has 0 aliphatic heterocycles. The Kier molecular flexibility index (Phi) is 8.12. The van der Waals surface area contributed by atoms with E-state index in [1.54, 1.807) is 0 Å². The van der Waals surface area contributed by atoms with Crippen LogP contribution in [0.25, 0.3) is 0 Å². The van der Waals surface area contributed by atoms with E-state index in [9.17, 15) is 14.4 Å². The summed E-state index contributed by atoms with van der Waals surface area (Å²) in [5.41, 5.74) is 3.33. The van der Waals surface area contributed by atoms with Crippen molar-refractivity contribution in [3.05, 3.63) is 102 Å². The molecule has 1 atom stereocenters. The van der Waals surface area contributed by atoms with Gasteiger partial charge in [-0.3, -0.25) is 9.59 Å². The molecule has 1 aliphatic carbocycles. The summed E-state index contributed by atoms with van der Waals surface area (Å²) in [6.45, 7) is 0.379. The summed E-state index contributed by atoms with van der Waals surface area (Å²) in [7, 11) is 0. The fraction of sp³-hybridized carbons (Fsp3) is 0.250. The second-order valence-corrected chi connectivity index (χ2v) is 8.63. The molecule has 3 N–H and O–H groups in total. The molecule has 7 nitrogen and oxygen atoms in total. The summed E-state index contributed by atoms with van der Waals surface area (Å²) in [4.78, 5) is 37.5. The summed E-state index contributed by atoms with van der Waals surface area (Å²) in [5, 5.41) is 8.51. The number of carbonyl (C=O) groups excluding carboxylic acids is 3. The van der Waals surface area contributed by atoms with Gasteiger partial charge in [-0.15, -0.1) is 0 Å². The minimum atomic E-state index is -0.807. The lowest BCUT2D eigenvalue weighted by Gasteiger charge is -2.19. The molecule has 1 saturated carbocycles. The molecule has 0 saturated heterocycles. The molecule has 3 aromatic carbocycles. The molecular weight excluding hydrogens is 442 g/mol. The maximum absolute atomic E-state index is 13.0. The summed E-state index contributed by atoms with van der Waals surface area (Å²) in [6.07, 6.45) is 1.54.